The Morgan fingerprint density at radius 2 is 2.33 bits per heavy atom. The lowest BCUT2D eigenvalue weighted by molar-refractivity contribution is -0.118. The van der Waals surface area contributed by atoms with Crippen LogP contribution in [0.4, 0.5) is 0 Å². The molecule has 0 rings (SSSR count). The molecule has 0 N–H and O–H groups in total. The van der Waals surface area contributed by atoms with Crippen LogP contribution in [0.1, 0.15) is 13.3 Å². The maximum atomic E-state index is 10.4. The van der Waals surface area contributed by atoms with Gasteiger partial charge in [0.1, 0.15) is 12.1 Å². The summed E-state index contributed by atoms with van der Waals surface area (Å²) in [7, 11) is 0. The number of hydrogen-bond donors (Lipinski definition) is 0. The molecule has 0 bridgehead atoms. The maximum Gasteiger partial charge on any atom is 0.133 e. The molecule has 0 radical (unpaired) electrons. The lowest BCUT2D eigenvalue weighted by Crippen LogP contribution is -2.08. The highest BCUT2D eigenvalue weighted by atomic mass is 32.2. The van der Waals surface area contributed by atoms with Crippen LogP contribution in [0.15, 0.2) is 0 Å². The average Bonchev–Trinajstić information content (AvgIpc) is 1.82. The van der Waals surface area contributed by atoms with Crippen LogP contribution >= 0.6 is 11.8 Å². The molecule has 0 spiro atoms. The number of thioether (sulfide) groups is 1. The van der Waals surface area contributed by atoms with Crippen molar-refractivity contribution in [1.82, 2.24) is 0 Å². The average molecular weight is 146 g/mol. The standard InChI is InChI=1S/C6H10O2S/c1-5(8)3-6(4-7)9-2/h4,6H,3H2,1-2H3. The molecule has 0 aliphatic rings. The largest absolute Gasteiger partial charge is 0.302 e. The van der Waals surface area contributed by atoms with E-state index in [1.54, 1.807) is 0 Å². The van der Waals surface area contributed by atoms with Gasteiger partial charge < -0.3 is 4.79 Å². The molecule has 0 aromatic carbocycles. The van der Waals surface area contributed by atoms with Gasteiger partial charge in [-0.15, -0.1) is 0 Å². The Labute approximate surface area is 59.0 Å². The Bertz CT molecular complexity index is 112. The van der Waals surface area contributed by atoms with Crippen molar-refractivity contribution in [2.75, 3.05) is 6.26 Å². The molecule has 3 heteroatoms. The zero-order valence-electron chi connectivity index (χ0n) is 5.59. The summed E-state index contributed by atoms with van der Waals surface area (Å²) in [5.41, 5.74) is 0. The summed E-state index contributed by atoms with van der Waals surface area (Å²) < 4.78 is 0. The van der Waals surface area contributed by atoms with Crippen LogP contribution in [0.25, 0.3) is 0 Å². The second-order valence-electron chi connectivity index (χ2n) is 1.82. The van der Waals surface area contributed by atoms with E-state index in [0.29, 0.717) is 6.42 Å². The van der Waals surface area contributed by atoms with Crippen molar-refractivity contribution in [2.24, 2.45) is 0 Å². The topological polar surface area (TPSA) is 34.1 Å². The van der Waals surface area contributed by atoms with Crippen LogP contribution in [-0.2, 0) is 9.59 Å². The summed E-state index contributed by atoms with van der Waals surface area (Å²) in [4.78, 5) is 20.5. The number of hydrogen-bond acceptors (Lipinski definition) is 3. The molecular formula is C6H10O2S. The molecule has 9 heavy (non-hydrogen) atoms. The van der Waals surface area contributed by atoms with Crippen LogP contribution in [0.2, 0.25) is 0 Å². The van der Waals surface area contributed by atoms with Gasteiger partial charge >= 0.3 is 0 Å². The zero-order chi connectivity index (χ0) is 7.28. The van der Waals surface area contributed by atoms with Crippen LogP contribution in [-0.4, -0.2) is 23.6 Å². The molecule has 0 aromatic heterocycles. The molecule has 52 valence electrons. The van der Waals surface area contributed by atoms with Crippen molar-refractivity contribution < 1.29 is 9.59 Å². The minimum atomic E-state index is -0.137. The van der Waals surface area contributed by atoms with Crippen molar-refractivity contribution in [3.05, 3.63) is 0 Å². The van der Waals surface area contributed by atoms with Gasteiger partial charge in [-0.05, 0) is 13.2 Å². The predicted octanol–water partition coefficient (Wildman–Crippen LogP) is 0.896. The summed E-state index contributed by atoms with van der Waals surface area (Å²) in [5, 5.41) is -0.137. The van der Waals surface area contributed by atoms with Crippen molar-refractivity contribution in [1.29, 1.82) is 0 Å². The maximum absolute atomic E-state index is 10.4. The lowest BCUT2D eigenvalue weighted by atomic mass is 10.2. The second-order valence-corrected chi connectivity index (χ2v) is 2.89. The van der Waals surface area contributed by atoms with Gasteiger partial charge in [0, 0.05) is 6.42 Å². The Morgan fingerprint density at radius 3 is 2.44 bits per heavy atom. The van der Waals surface area contributed by atoms with Crippen molar-refractivity contribution in [3.8, 4) is 0 Å². The summed E-state index contributed by atoms with van der Waals surface area (Å²) in [6.07, 6.45) is 3.00. The summed E-state index contributed by atoms with van der Waals surface area (Å²) >= 11 is 1.41. The van der Waals surface area contributed by atoms with Gasteiger partial charge in [0.2, 0.25) is 0 Å². The fraction of sp³-hybridized carbons (Fsp3) is 0.667. The van der Waals surface area contributed by atoms with E-state index in [2.05, 4.69) is 0 Å². The fourth-order valence-electron chi connectivity index (χ4n) is 0.470. The third kappa shape index (κ3) is 4.21. The lowest BCUT2D eigenvalue weighted by Gasteiger charge is -2.00. The molecule has 0 aliphatic heterocycles. The number of Topliss-reactive ketones (excluding diaryl/α,β-unsaturated/α-hetero) is 1. The quantitative estimate of drug-likeness (QED) is 0.552. The molecule has 0 amide bonds. The molecular weight excluding hydrogens is 136 g/mol. The van der Waals surface area contributed by atoms with Gasteiger partial charge in [-0.3, -0.25) is 4.79 Å². The highest BCUT2D eigenvalue weighted by Gasteiger charge is 2.06. The van der Waals surface area contributed by atoms with E-state index in [9.17, 15) is 9.59 Å². The van der Waals surface area contributed by atoms with E-state index in [-0.39, 0.29) is 11.0 Å². The molecule has 2 nitrogen and oxygen atoms in total. The van der Waals surface area contributed by atoms with Gasteiger partial charge in [0.25, 0.3) is 0 Å². The van der Waals surface area contributed by atoms with E-state index in [1.165, 1.54) is 18.7 Å². The first kappa shape index (κ1) is 8.69. The third-order valence-electron chi connectivity index (χ3n) is 0.943. The Hall–Kier alpha value is -0.310. The van der Waals surface area contributed by atoms with E-state index >= 15 is 0 Å². The summed E-state index contributed by atoms with van der Waals surface area (Å²) in [6, 6.07) is 0. The van der Waals surface area contributed by atoms with E-state index in [4.69, 9.17) is 0 Å². The van der Waals surface area contributed by atoms with E-state index in [0.717, 1.165) is 6.29 Å². The number of aldehydes is 1. The first-order chi connectivity index (χ1) is 4.20. The van der Waals surface area contributed by atoms with E-state index in [1.807, 2.05) is 6.26 Å². The molecule has 1 atom stereocenters. The van der Waals surface area contributed by atoms with Crippen LogP contribution in [0.3, 0.4) is 0 Å². The van der Waals surface area contributed by atoms with E-state index < -0.39 is 0 Å². The molecule has 1 unspecified atom stereocenters. The summed E-state index contributed by atoms with van der Waals surface area (Å²) in [6.45, 7) is 1.49. The first-order valence-corrected chi connectivity index (χ1v) is 3.97. The molecule has 0 fully saturated rings. The van der Waals surface area contributed by atoms with Gasteiger partial charge in [-0.25, -0.2) is 0 Å². The number of ketones is 1. The van der Waals surface area contributed by atoms with Gasteiger partial charge in [0.05, 0.1) is 5.25 Å². The minimum absolute atomic E-state index is 0.0708. The smallest absolute Gasteiger partial charge is 0.133 e. The monoisotopic (exact) mass is 146 g/mol. The van der Waals surface area contributed by atoms with Gasteiger partial charge in [-0.2, -0.15) is 11.8 Å². The number of carbonyl (C=O) groups is 2. The first-order valence-electron chi connectivity index (χ1n) is 2.68. The SMILES string of the molecule is CSC(C=O)CC(C)=O. The third-order valence-corrected chi connectivity index (χ3v) is 1.83. The second kappa shape index (κ2) is 4.56. The Balaban J connectivity index is 3.55. The van der Waals surface area contributed by atoms with Crippen molar-refractivity contribution in [2.45, 2.75) is 18.6 Å². The zero-order valence-corrected chi connectivity index (χ0v) is 6.40. The van der Waals surface area contributed by atoms with Crippen LogP contribution in [0, 0.1) is 0 Å². The number of rotatable bonds is 4. The normalized spacial score (nSPS) is 12.7. The highest BCUT2D eigenvalue weighted by molar-refractivity contribution is 7.99. The van der Waals surface area contributed by atoms with Crippen molar-refractivity contribution >= 4 is 23.8 Å². The Morgan fingerprint density at radius 1 is 1.78 bits per heavy atom. The van der Waals surface area contributed by atoms with Gasteiger partial charge in [0.15, 0.2) is 0 Å². The number of carbonyl (C=O) groups excluding carboxylic acids is 2. The molecule has 0 saturated heterocycles. The van der Waals surface area contributed by atoms with Crippen LogP contribution < -0.4 is 0 Å². The summed E-state index contributed by atoms with van der Waals surface area (Å²) in [5.74, 6) is 0.0708. The molecule has 0 aromatic rings. The van der Waals surface area contributed by atoms with Crippen LogP contribution in [0.5, 0.6) is 0 Å². The molecule has 0 aliphatic carbocycles. The fourth-order valence-corrected chi connectivity index (χ4v) is 0.983. The Kier molecular flexibility index (Phi) is 4.40. The predicted molar refractivity (Wildman–Crippen MR) is 38.7 cm³/mol. The van der Waals surface area contributed by atoms with Gasteiger partial charge in [-0.1, -0.05) is 0 Å². The highest BCUT2D eigenvalue weighted by Crippen LogP contribution is 2.07. The van der Waals surface area contributed by atoms with Crippen molar-refractivity contribution in [3.63, 3.8) is 0 Å². The molecule has 0 saturated carbocycles. The molecule has 0 heterocycles. The minimum Gasteiger partial charge on any atom is -0.302 e.